The van der Waals surface area contributed by atoms with E-state index in [0.29, 0.717) is 30.9 Å². The smallest absolute Gasteiger partial charge is 0.307 e. The number of hydrogen-bond donors (Lipinski definition) is 1. The number of carboxylic acids is 1. The number of carboxylic acid groups (broad SMARTS) is 1. The zero-order chi connectivity index (χ0) is 16.3. The molecule has 0 amide bonds. The Bertz CT molecular complexity index is 635. The normalized spacial score (nSPS) is 19.6. The average molecular weight is 329 g/mol. The number of aliphatic carboxylic acids is 1. The van der Waals surface area contributed by atoms with Crippen molar-refractivity contribution in [2.24, 2.45) is 5.92 Å². The number of ether oxygens (including phenoxy) is 2. The van der Waals surface area contributed by atoms with E-state index in [2.05, 4.69) is 0 Å². The average Bonchev–Trinajstić information content (AvgIpc) is 2.54. The molecule has 0 aliphatic carbocycles. The van der Waals surface area contributed by atoms with E-state index >= 15 is 0 Å². The number of hydrogen-bond acceptors (Lipinski definition) is 5. The Morgan fingerprint density at radius 3 is 2.32 bits per heavy atom. The lowest BCUT2D eigenvalue weighted by atomic mass is 10.0. The second kappa shape index (κ2) is 6.53. The van der Waals surface area contributed by atoms with Crippen molar-refractivity contribution in [1.82, 2.24) is 4.31 Å². The van der Waals surface area contributed by atoms with Crippen LogP contribution in [-0.4, -0.2) is 51.1 Å². The van der Waals surface area contributed by atoms with Crippen molar-refractivity contribution in [2.75, 3.05) is 27.3 Å². The number of benzene rings is 1. The van der Waals surface area contributed by atoms with Gasteiger partial charge in [0, 0.05) is 31.3 Å². The first-order valence-electron chi connectivity index (χ1n) is 6.84. The molecule has 1 fully saturated rings. The Balaban J connectivity index is 2.35. The lowest BCUT2D eigenvalue weighted by Crippen LogP contribution is -2.42. The van der Waals surface area contributed by atoms with Crippen molar-refractivity contribution in [3.8, 4) is 11.5 Å². The van der Waals surface area contributed by atoms with E-state index in [1.807, 2.05) is 0 Å². The highest BCUT2D eigenvalue weighted by Gasteiger charge is 2.33. The molecule has 0 bridgehead atoms. The molecule has 0 saturated carbocycles. The van der Waals surface area contributed by atoms with Gasteiger partial charge in [0.25, 0.3) is 0 Å². The van der Waals surface area contributed by atoms with E-state index in [9.17, 15) is 13.2 Å². The third-order valence-corrected chi connectivity index (χ3v) is 5.54. The molecule has 1 aromatic rings. The summed E-state index contributed by atoms with van der Waals surface area (Å²) in [5.41, 5.74) is 0. The van der Waals surface area contributed by atoms with Gasteiger partial charge in [-0.15, -0.1) is 0 Å². The van der Waals surface area contributed by atoms with E-state index in [4.69, 9.17) is 14.6 Å². The maximum atomic E-state index is 12.7. The first-order chi connectivity index (χ1) is 10.4. The summed E-state index contributed by atoms with van der Waals surface area (Å²) in [7, 11) is -0.910. The number of methoxy groups -OCH3 is 2. The summed E-state index contributed by atoms with van der Waals surface area (Å²) in [5, 5.41) is 9.10. The zero-order valence-corrected chi connectivity index (χ0v) is 13.3. The Kier molecular flexibility index (Phi) is 4.92. The summed E-state index contributed by atoms with van der Waals surface area (Å²) < 4.78 is 36.8. The predicted octanol–water partition coefficient (Wildman–Crippen LogP) is 1.19. The van der Waals surface area contributed by atoms with Gasteiger partial charge in [0.1, 0.15) is 11.5 Å². The Morgan fingerprint density at radius 1 is 1.23 bits per heavy atom. The van der Waals surface area contributed by atoms with Gasteiger partial charge in [0.05, 0.1) is 25.0 Å². The standard InChI is InChI=1S/C14H19NO6S/c1-20-11-6-12(21-2)8-13(7-11)22(18,19)15-5-3-4-10(9-15)14(16)17/h6-8,10H,3-5,9H2,1-2H3,(H,16,17). The van der Waals surface area contributed by atoms with Crippen molar-refractivity contribution in [3.05, 3.63) is 18.2 Å². The van der Waals surface area contributed by atoms with Crippen LogP contribution in [0, 0.1) is 5.92 Å². The number of rotatable bonds is 5. The topological polar surface area (TPSA) is 93.1 Å². The van der Waals surface area contributed by atoms with Crippen molar-refractivity contribution in [1.29, 1.82) is 0 Å². The minimum Gasteiger partial charge on any atom is -0.497 e. The van der Waals surface area contributed by atoms with Gasteiger partial charge in [-0.05, 0) is 12.8 Å². The number of nitrogens with zero attached hydrogens (tertiary/aromatic N) is 1. The van der Waals surface area contributed by atoms with Crippen LogP contribution in [0.2, 0.25) is 0 Å². The molecule has 1 unspecified atom stereocenters. The van der Waals surface area contributed by atoms with Crippen LogP contribution in [0.1, 0.15) is 12.8 Å². The molecule has 0 spiro atoms. The molecule has 22 heavy (non-hydrogen) atoms. The first kappa shape index (κ1) is 16.6. The molecule has 8 heteroatoms. The Morgan fingerprint density at radius 2 is 1.82 bits per heavy atom. The summed E-state index contributed by atoms with van der Waals surface area (Å²) in [5.74, 6) is -0.909. The fraction of sp³-hybridized carbons (Fsp3) is 0.500. The lowest BCUT2D eigenvalue weighted by molar-refractivity contribution is -0.142. The molecule has 2 rings (SSSR count). The van der Waals surface area contributed by atoms with Gasteiger partial charge in [0.15, 0.2) is 0 Å². The Hall–Kier alpha value is -1.80. The van der Waals surface area contributed by atoms with E-state index in [1.54, 1.807) is 6.07 Å². The minimum absolute atomic E-state index is 0.0167. The van der Waals surface area contributed by atoms with Crippen LogP contribution < -0.4 is 9.47 Å². The van der Waals surface area contributed by atoms with Crippen LogP contribution in [0.3, 0.4) is 0 Å². The van der Waals surface area contributed by atoms with Crippen molar-refractivity contribution < 1.29 is 27.8 Å². The molecule has 0 radical (unpaired) electrons. The third kappa shape index (κ3) is 3.33. The maximum absolute atomic E-state index is 12.7. The van der Waals surface area contributed by atoms with Crippen molar-refractivity contribution in [3.63, 3.8) is 0 Å². The lowest BCUT2D eigenvalue weighted by Gasteiger charge is -2.30. The second-order valence-electron chi connectivity index (χ2n) is 5.09. The highest BCUT2D eigenvalue weighted by Crippen LogP contribution is 2.29. The molecule has 0 aromatic heterocycles. The molecule has 122 valence electrons. The molecule has 1 atom stereocenters. The van der Waals surface area contributed by atoms with Crippen LogP contribution in [0.5, 0.6) is 11.5 Å². The maximum Gasteiger partial charge on any atom is 0.307 e. The number of piperidine rings is 1. The van der Waals surface area contributed by atoms with Crippen LogP contribution in [0.15, 0.2) is 23.1 Å². The van der Waals surface area contributed by atoms with Crippen molar-refractivity contribution in [2.45, 2.75) is 17.7 Å². The number of sulfonamides is 1. The van der Waals surface area contributed by atoms with E-state index in [0.717, 1.165) is 0 Å². The van der Waals surface area contributed by atoms with E-state index < -0.39 is 21.9 Å². The second-order valence-corrected chi connectivity index (χ2v) is 7.03. The number of carbonyl (C=O) groups is 1. The third-order valence-electron chi connectivity index (χ3n) is 3.70. The van der Waals surface area contributed by atoms with Gasteiger partial charge < -0.3 is 14.6 Å². The van der Waals surface area contributed by atoms with E-state index in [-0.39, 0.29) is 11.4 Å². The summed E-state index contributed by atoms with van der Waals surface area (Å²) in [6.07, 6.45) is 1.01. The highest BCUT2D eigenvalue weighted by atomic mass is 32.2. The molecular weight excluding hydrogens is 310 g/mol. The van der Waals surface area contributed by atoms with Gasteiger partial charge >= 0.3 is 5.97 Å². The predicted molar refractivity (Wildman–Crippen MR) is 78.7 cm³/mol. The molecule has 7 nitrogen and oxygen atoms in total. The van der Waals surface area contributed by atoms with E-state index in [1.165, 1.54) is 30.7 Å². The van der Waals surface area contributed by atoms with Crippen LogP contribution in [-0.2, 0) is 14.8 Å². The fourth-order valence-corrected chi connectivity index (χ4v) is 4.02. The van der Waals surface area contributed by atoms with Gasteiger partial charge in [-0.2, -0.15) is 4.31 Å². The first-order valence-corrected chi connectivity index (χ1v) is 8.28. The monoisotopic (exact) mass is 329 g/mol. The quantitative estimate of drug-likeness (QED) is 0.872. The zero-order valence-electron chi connectivity index (χ0n) is 12.5. The fourth-order valence-electron chi connectivity index (χ4n) is 2.44. The van der Waals surface area contributed by atoms with Crippen LogP contribution >= 0.6 is 0 Å². The molecule has 1 aliphatic rings. The summed E-state index contributed by atoms with van der Waals surface area (Å²) in [6, 6.07) is 4.39. The molecule has 1 N–H and O–H groups in total. The molecular formula is C14H19NO6S. The minimum atomic E-state index is -3.78. The molecule has 1 heterocycles. The SMILES string of the molecule is COc1cc(OC)cc(S(=O)(=O)N2CCCC(C(=O)O)C2)c1. The van der Waals surface area contributed by atoms with Gasteiger partial charge in [0.2, 0.25) is 10.0 Å². The van der Waals surface area contributed by atoms with Gasteiger partial charge in [-0.25, -0.2) is 8.42 Å². The molecule has 1 aromatic carbocycles. The summed E-state index contributed by atoms with van der Waals surface area (Å²) >= 11 is 0. The molecule has 1 saturated heterocycles. The van der Waals surface area contributed by atoms with Gasteiger partial charge in [-0.3, -0.25) is 4.79 Å². The largest absolute Gasteiger partial charge is 0.497 e. The Labute approximate surface area is 129 Å². The highest BCUT2D eigenvalue weighted by molar-refractivity contribution is 7.89. The van der Waals surface area contributed by atoms with Crippen molar-refractivity contribution >= 4 is 16.0 Å². The van der Waals surface area contributed by atoms with Crippen LogP contribution in [0.4, 0.5) is 0 Å². The molecule has 1 aliphatic heterocycles. The summed E-state index contributed by atoms with van der Waals surface area (Å²) in [4.78, 5) is 11.1. The summed E-state index contributed by atoms with van der Waals surface area (Å²) in [6.45, 7) is 0.294. The van der Waals surface area contributed by atoms with Gasteiger partial charge in [-0.1, -0.05) is 0 Å². The van der Waals surface area contributed by atoms with Crippen LogP contribution in [0.25, 0.3) is 0 Å².